The monoisotopic (exact) mass is 241 g/mol. The molecule has 0 bridgehead atoms. The number of nitrogens with zero attached hydrogens (tertiary/aromatic N) is 3. The van der Waals surface area contributed by atoms with Crippen LogP contribution in [0, 0.1) is 5.92 Å². The predicted octanol–water partition coefficient (Wildman–Crippen LogP) is 1.26. The number of aryl methyl sites for hydroxylation is 1. The Morgan fingerprint density at radius 1 is 1.53 bits per heavy atom. The third-order valence-electron chi connectivity index (χ3n) is 2.67. The molecule has 98 valence electrons. The van der Waals surface area contributed by atoms with Crippen molar-refractivity contribution in [2.24, 2.45) is 5.92 Å². The van der Waals surface area contributed by atoms with Crippen molar-refractivity contribution in [2.45, 2.75) is 45.8 Å². The van der Waals surface area contributed by atoms with E-state index >= 15 is 0 Å². The second kappa shape index (κ2) is 7.40. The largest absolute Gasteiger partial charge is 0.393 e. The zero-order chi connectivity index (χ0) is 12.7. The molecule has 0 aromatic carbocycles. The second-order valence-corrected chi connectivity index (χ2v) is 4.55. The minimum absolute atomic E-state index is 0.359. The summed E-state index contributed by atoms with van der Waals surface area (Å²) in [5, 5.41) is 14.1. The number of hydrogen-bond acceptors (Lipinski definition) is 4. The van der Waals surface area contributed by atoms with Gasteiger partial charge in [0.2, 0.25) is 0 Å². The molecule has 1 rings (SSSR count). The molecule has 0 aliphatic heterocycles. The molecule has 0 aliphatic rings. The van der Waals surface area contributed by atoms with Crippen LogP contribution in [-0.4, -0.2) is 39.7 Å². The number of hydrogen-bond donors (Lipinski definition) is 1. The van der Waals surface area contributed by atoms with Gasteiger partial charge in [-0.2, -0.15) is 5.10 Å². The SMILES string of the molecule is CCCn1ncnc1CC(O)CC(C)COC. The summed E-state index contributed by atoms with van der Waals surface area (Å²) in [5.74, 6) is 1.22. The maximum Gasteiger partial charge on any atom is 0.138 e. The van der Waals surface area contributed by atoms with Crippen LogP contribution in [0.1, 0.15) is 32.5 Å². The fraction of sp³-hybridized carbons (Fsp3) is 0.833. The summed E-state index contributed by atoms with van der Waals surface area (Å²) in [5.41, 5.74) is 0. The number of aliphatic hydroxyl groups excluding tert-OH is 1. The van der Waals surface area contributed by atoms with Crippen molar-refractivity contribution in [3.63, 3.8) is 0 Å². The minimum atomic E-state index is -0.375. The molecule has 0 aliphatic carbocycles. The normalized spacial score (nSPS) is 14.8. The second-order valence-electron chi connectivity index (χ2n) is 4.55. The lowest BCUT2D eigenvalue weighted by Gasteiger charge is -2.15. The van der Waals surface area contributed by atoms with Crippen molar-refractivity contribution in [1.29, 1.82) is 0 Å². The van der Waals surface area contributed by atoms with Gasteiger partial charge in [0.15, 0.2) is 0 Å². The average molecular weight is 241 g/mol. The van der Waals surface area contributed by atoms with Crippen molar-refractivity contribution in [1.82, 2.24) is 14.8 Å². The van der Waals surface area contributed by atoms with Gasteiger partial charge in [-0.05, 0) is 18.8 Å². The fourth-order valence-corrected chi connectivity index (χ4v) is 1.96. The van der Waals surface area contributed by atoms with E-state index in [9.17, 15) is 5.11 Å². The molecule has 0 saturated carbocycles. The van der Waals surface area contributed by atoms with Gasteiger partial charge >= 0.3 is 0 Å². The molecule has 5 heteroatoms. The standard InChI is InChI=1S/C12H23N3O2/c1-4-5-15-12(13-9-14-15)7-11(16)6-10(2)8-17-3/h9-11,16H,4-8H2,1-3H3. The summed E-state index contributed by atoms with van der Waals surface area (Å²) in [6.45, 7) is 5.71. The van der Waals surface area contributed by atoms with E-state index in [1.54, 1.807) is 13.4 Å². The molecule has 0 radical (unpaired) electrons. The summed E-state index contributed by atoms with van der Waals surface area (Å²) in [6, 6.07) is 0. The van der Waals surface area contributed by atoms with Gasteiger partial charge in [0, 0.05) is 26.7 Å². The maximum absolute atomic E-state index is 9.97. The third kappa shape index (κ3) is 4.83. The first-order chi connectivity index (χ1) is 8.17. The topological polar surface area (TPSA) is 60.2 Å². The van der Waals surface area contributed by atoms with Crippen LogP contribution in [0.2, 0.25) is 0 Å². The molecule has 2 unspecified atom stereocenters. The molecule has 2 atom stereocenters. The van der Waals surface area contributed by atoms with E-state index < -0.39 is 0 Å². The van der Waals surface area contributed by atoms with Gasteiger partial charge in [-0.1, -0.05) is 13.8 Å². The average Bonchev–Trinajstić information content (AvgIpc) is 2.66. The van der Waals surface area contributed by atoms with E-state index in [2.05, 4.69) is 23.9 Å². The van der Waals surface area contributed by atoms with Crippen LogP contribution in [0.4, 0.5) is 0 Å². The Morgan fingerprint density at radius 2 is 2.29 bits per heavy atom. The number of ether oxygens (including phenoxy) is 1. The van der Waals surface area contributed by atoms with E-state index in [4.69, 9.17) is 4.74 Å². The Bertz CT molecular complexity index is 314. The molecular weight excluding hydrogens is 218 g/mol. The summed E-state index contributed by atoms with van der Waals surface area (Å²) >= 11 is 0. The molecule has 0 fully saturated rings. The molecular formula is C12H23N3O2. The van der Waals surface area contributed by atoms with Crippen LogP contribution in [0.5, 0.6) is 0 Å². The molecule has 0 spiro atoms. The molecule has 1 heterocycles. The lowest BCUT2D eigenvalue weighted by molar-refractivity contribution is 0.0998. The Morgan fingerprint density at radius 3 is 2.94 bits per heavy atom. The lowest BCUT2D eigenvalue weighted by Crippen LogP contribution is -2.20. The smallest absolute Gasteiger partial charge is 0.138 e. The third-order valence-corrected chi connectivity index (χ3v) is 2.67. The molecule has 5 nitrogen and oxygen atoms in total. The van der Waals surface area contributed by atoms with Crippen molar-refractivity contribution < 1.29 is 9.84 Å². The van der Waals surface area contributed by atoms with E-state index in [1.807, 2.05) is 4.68 Å². The highest BCUT2D eigenvalue weighted by Crippen LogP contribution is 2.10. The number of aliphatic hydroxyl groups is 1. The van der Waals surface area contributed by atoms with Crippen LogP contribution in [0.15, 0.2) is 6.33 Å². The highest BCUT2D eigenvalue weighted by atomic mass is 16.5. The van der Waals surface area contributed by atoms with E-state index in [0.717, 1.165) is 25.2 Å². The van der Waals surface area contributed by atoms with Crippen LogP contribution in [-0.2, 0) is 17.7 Å². The van der Waals surface area contributed by atoms with Gasteiger partial charge in [-0.3, -0.25) is 4.68 Å². The fourth-order valence-electron chi connectivity index (χ4n) is 1.96. The summed E-state index contributed by atoms with van der Waals surface area (Å²) in [6.07, 6.45) is 3.49. The van der Waals surface area contributed by atoms with Gasteiger partial charge in [0.25, 0.3) is 0 Å². The molecule has 0 saturated heterocycles. The van der Waals surface area contributed by atoms with Crippen LogP contribution in [0.3, 0.4) is 0 Å². The molecule has 1 aromatic rings. The highest BCUT2D eigenvalue weighted by molar-refractivity contribution is 4.87. The first-order valence-corrected chi connectivity index (χ1v) is 6.21. The van der Waals surface area contributed by atoms with Crippen LogP contribution < -0.4 is 0 Å². The van der Waals surface area contributed by atoms with Crippen molar-refractivity contribution in [3.8, 4) is 0 Å². The summed E-state index contributed by atoms with van der Waals surface area (Å²) in [7, 11) is 1.68. The van der Waals surface area contributed by atoms with Gasteiger partial charge in [-0.25, -0.2) is 4.98 Å². The first-order valence-electron chi connectivity index (χ1n) is 6.21. The molecule has 1 N–H and O–H groups in total. The van der Waals surface area contributed by atoms with Crippen molar-refractivity contribution in [2.75, 3.05) is 13.7 Å². The van der Waals surface area contributed by atoms with Gasteiger partial charge in [-0.15, -0.1) is 0 Å². The molecule has 1 aromatic heterocycles. The maximum atomic E-state index is 9.97. The van der Waals surface area contributed by atoms with Crippen molar-refractivity contribution in [3.05, 3.63) is 12.2 Å². The van der Waals surface area contributed by atoms with Crippen LogP contribution in [0.25, 0.3) is 0 Å². The number of methoxy groups -OCH3 is 1. The van der Waals surface area contributed by atoms with Gasteiger partial charge in [0.05, 0.1) is 6.10 Å². The summed E-state index contributed by atoms with van der Waals surface area (Å²) < 4.78 is 6.92. The molecule has 17 heavy (non-hydrogen) atoms. The van der Waals surface area contributed by atoms with E-state index in [1.165, 1.54) is 0 Å². The van der Waals surface area contributed by atoms with Crippen molar-refractivity contribution >= 4 is 0 Å². The number of aromatic nitrogens is 3. The quantitative estimate of drug-likeness (QED) is 0.744. The predicted molar refractivity (Wildman–Crippen MR) is 65.7 cm³/mol. The minimum Gasteiger partial charge on any atom is -0.393 e. The Balaban J connectivity index is 2.44. The van der Waals surface area contributed by atoms with Gasteiger partial charge in [0.1, 0.15) is 12.2 Å². The van der Waals surface area contributed by atoms with Gasteiger partial charge < -0.3 is 9.84 Å². The molecule has 0 amide bonds. The Kier molecular flexibility index (Phi) is 6.15. The zero-order valence-corrected chi connectivity index (χ0v) is 11.0. The van der Waals surface area contributed by atoms with E-state index in [-0.39, 0.29) is 6.10 Å². The van der Waals surface area contributed by atoms with E-state index in [0.29, 0.717) is 18.9 Å². The zero-order valence-electron chi connectivity index (χ0n) is 11.0. The Labute approximate surface area is 103 Å². The lowest BCUT2D eigenvalue weighted by atomic mass is 10.0. The first kappa shape index (κ1) is 14.1. The summed E-state index contributed by atoms with van der Waals surface area (Å²) in [4.78, 5) is 4.19. The van der Waals surface area contributed by atoms with Crippen LogP contribution >= 0.6 is 0 Å². The highest BCUT2D eigenvalue weighted by Gasteiger charge is 2.14. The number of rotatable bonds is 8. The Hall–Kier alpha value is -0.940.